The Bertz CT molecular complexity index is 470. The molecule has 1 aromatic heterocycles. The van der Waals surface area contributed by atoms with Crippen molar-refractivity contribution in [3.63, 3.8) is 0 Å². The van der Waals surface area contributed by atoms with Gasteiger partial charge in [-0.1, -0.05) is 20.8 Å². The smallest absolute Gasteiger partial charge is 0.160 e. The fourth-order valence-electron chi connectivity index (χ4n) is 2.03. The van der Waals surface area contributed by atoms with Crippen LogP contribution < -0.4 is 5.32 Å². The molecule has 0 saturated carbocycles. The van der Waals surface area contributed by atoms with Gasteiger partial charge in [0.05, 0.1) is 15.9 Å². The first-order chi connectivity index (χ1) is 9.43. The zero-order valence-corrected chi connectivity index (χ0v) is 15.5. The first-order valence-corrected chi connectivity index (χ1v) is 9.18. The van der Waals surface area contributed by atoms with Crippen LogP contribution in [0.1, 0.15) is 45.3 Å². The quantitative estimate of drug-likeness (QED) is 0.776. The highest BCUT2D eigenvalue weighted by Gasteiger charge is 2.27. The Morgan fingerprint density at radius 1 is 1.40 bits per heavy atom. The maximum absolute atomic E-state index is 5.83. The third-order valence-electron chi connectivity index (χ3n) is 3.03. The molecule has 0 bridgehead atoms. The Morgan fingerprint density at radius 3 is 2.70 bits per heavy atom. The van der Waals surface area contributed by atoms with Gasteiger partial charge in [0.2, 0.25) is 0 Å². The molecule has 1 aliphatic rings. The molecule has 1 saturated heterocycles. The van der Waals surface area contributed by atoms with E-state index in [0.29, 0.717) is 0 Å². The molecule has 0 radical (unpaired) electrons. The first-order valence-electron chi connectivity index (χ1n) is 6.94. The largest absolute Gasteiger partial charge is 0.369 e. The van der Waals surface area contributed by atoms with E-state index in [1.807, 2.05) is 11.8 Å². The summed E-state index contributed by atoms with van der Waals surface area (Å²) in [7, 11) is 0. The molecule has 0 amide bonds. The van der Waals surface area contributed by atoms with Crippen LogP contribution in [0, 0.1) is 3.57 Å². The van der Waals surface area contributed by atoms with Gasteiger partial charge in [-0.05, 0) is 29.5 Å². The Labute approximate surface area is 139 Å². The summed E-state index contributed by atoms with van der Waals surface area (Å²) in [5, 5.41) is 3.35. The number of halogens is 1. The van der Waals surface area contributed by atoms with Crippen LogP contribution in [0.4, 0.5) is 5.82 Å². The molecule has 1 N–H and O–H groups in total. The second kappa shape index (κ2) is 6.79. The van der Waals surface area contributed by atoms with E-state index >= 15 is 0 Å². The van der Waals surface area contributed by atoms with Crippen LogP contribution in [-0.4, -0.2) is 34.6 Å². The number of anilines is 1. The van der Waals surface area contributed by atoms with Gasteiger partial charge in [-0.3, -0.25) is 0 Å². The third-order valence-corrected chi connectivity index (χ3v) is 5.04. The van der Waals surface area contributed by atoms with Crippen LogP contribution in [0.15, 0.2) is 0 Å². The van der Waals surface area contributed by atoms with Gasteiger partial charge >= 0.3 is 0 Å². The van der Waals surface area contributed by atoms with Crippen molar-refractivity contribution in [2.24, 2.45) is 0 Å². The number of rotatable bonds is 3. The highest BCUT2D eigenvalue weighted by Crippen LogP contribution is 2.32. The second-order valence-electron chi connectivity index (χ2n) is 5.81. The zero-order valence-electron chi connectivity index (χ0n) is 12.5. The fourth-order valence-corrected chi connectivity index (χ4v) is 4.11. The lowest BCUT2D eigenvalue weighted by atomic mass is 9.92. The average molecular weight is 407 g/mol. The van der Waals surface area contributed by atoms with Crippen molar-refractivity contribution < 1.29 is 4.74 Å². The molecule has 20 heavy (non-hydrogen) atoms. The maximum Gasteiger partial charge on any atom is 0.160 e. The third kappa shape index (κ3) is 3.76. The van der Waals surface area contributed by atoms with Crippen LogP contribution >= 0.6 is 34.4 Å². The second-order valence-corrected chi connectivity index (χ2v) is 8.04. The molecule has 1 aromatic rings. The molecule has 0 aliphatic carbocycles. The van der Waals surface area contributed by atoms with E-state index < -0.39 is 0 Å². The Balaban J connectivity index is 2.43. The van der Waals surface area contributed by atoms with Crippen LogP contribution in [-0.2, 0) is 10.2 Å². The standard InChI is InChI=1S/C14H22IN3OS/c1-5-16-13-10(15)11(14(2,3)4)17-12(18-13)9-8-20-7-6-19-9/h9H,5-8H2,1-4H3,(H,16,17,18). The van der Waals surface area contributed by atoms with Crippen LogP contribution in [0.3, 0.4) is 0 Å². The lowest BCUT2D eigenvalue weighted by molar-refractivity contribution is 0.0692. The molecular formula is C14H22IN3OS. The van der Waals surface area contributed by atoms with Crippen LogP contribution in [0.5, 0.6) is 0 Å². The SMILES string of the molecule is CCNc1nc(C2CSCCO2)nc(C(C)(C)C)c1I. The number of aromatic nitrogens is 2. The maximum atomic E-state index is 5.83. The van der Waals surface area contributed by atoms with Crippen molar-refractivity contribution in [2.75, 3.05) is 30.0 Å². The number of hydrogen-bond acceptors (Lipinski definition) is 5. The summed E-state index contributed by atoms with van der Waals surface area (Å²) < 4.78 is 6.94. The number of nitrogens with zero attached hydrogens (tertiary/aromatic N) is 2. The lowest BCUT2D eigenvalue weighted by Crippen LogP contribution is -2.24. The molecular weight excluding hydrogens is 385 g/mol. The predicted molar refractivity (Wildman–Crippen MR) is 93.6 cm³/mol. The molecule has 6 heteroatoms. The van der Waals surface area contributed by atoms with Gasteiger partial charge in [0.15, 0.2) is 5.82 Å². The Morgan fingerprint density at radius 2 is 2.15 bits per heavy atom. The van der Waals surface area contributed by atoms with Crippen LogP contribution in [0.25, 0.3) is 0 Å². The van der Waals surface area contributed by atoms with E-state index in [2.05, 4.69) is 55.6 Å². The van der Waals surface area contributed by atoms with E-state index in [0.717, 1.165) is 45.6 Å². The minimum Gasteiger partial charge on any atom is -0.369 e. The van der Waals surface area contributed by atoms with Crippen molar-refractivity contribution >= 4 is 40.2 Å². The van der Waals surface area contributed by atoms with E-state index in [-0.39, 0.29) is 11.5 Å². The summed E-state index contributed by atoms with van der Waals surface area (Å²) in [4.78, 5) is 9.50. The topological polar surface area (TPSA) is 47.0 Å². The van der Waals surface area contributed by atoms with Crippen molar-refractivity contribution in [3.05, 3.63) is 15.1 Å². The number of ether oxygens (including phenoxy) is 1. The van der Waals surface area contributed by atoms with Gasteiger partial charge in [-0.25, -0.2) is 9.97 Å². The molecule has 2 rings (SSSR count). The van der Waals surface area contributed by atoms with E-state index in [1.165, 1.54) is 0 Å². The number of hydrogen-bond donors (Lipinski definition) is 1. The van der Waals surface area contributed by atoms with Gasteiger partial charge in [-0.15, -0.1) is 0 Å². The zero-order chi connectivity index (χ0) is 14.8. The fraction of sp³-hybridized carbons (Fsp3) is 0.714. The number of thioether (sulfide) groups is 1. The summed E-state index contributed by atoms with van der Waals surface area (Å²) >= 11 is 4.25. The average Bonchev–Trinajstić information content (AvgIpc) is 2.41. The van der Waals surface area contributed by atoms with Gasteiger partial charge in [0, 0.05) is 23.5 Å². The van der Waals surface area contributed by atoms with Crippen molar-refractivity contribution in [1.82, 2.24) is 9.97 Å². The van der Waals surface area contributed by atoms with Crippen molar-refractivity contribution in [3.8, 4) is 0 Å². The minimum atomic E-state index is 0.000193. The van der Waals surface area contributed by atoms with Crippen molar-refractivity contribution in [2.45, 2.75) is 39.2 Å². The highest BCUT2D eigenvalue weighted by atomic mass is 127. The van der Waals surface area contributed by atoms with Crippen LogP contribution in [0.2, 0.25) is 0 Å². The molecule has 1 fully saturated rings. The highest BCUT2D eigenvalue weighted by molar-refractivity contribution is 14.1. The summed E-state index contributed by atoms with van der Waals surface area (Å²) in [6.07, 6.45) is 0.0178. The van der Waals surface area contributed by atoms with Gasteiger partial charge in [0.1, 0.15) is 11.9 Å². The van der Waals surface area contributed by atoms with E-state index in [1.54, 1.807) is 0 Å². The van der Waals surface area contributed by atoms with Gasteiger partial charge in [0.25, 0.3) is 0 Å². The molecule has 112 valence electrons. The summed E-state index contributed by atoms with van der Waals surface area (Å²) in [6, 6.07) is 0. The lowest BCUT2D eigenvalue weighted by Gasteiger charge is -2.26. The minimum absolute atomic E-state index is 0.000193. The Hall–Kier alpha value is -0.0800. The molecule has 0 spiro atoms. The first kappa shape index (κ1) is 16.3. The summed E-state index contributed by atoms with van der Waals surface area (Å²) in [5.74, 6) is 3.75. The molecule has 1 atom stereocenters. The molecule has 1 aliphatic heterocycles. The number of nitrogens with one attached hydrogen (secondary N) is 1. The molecule has 4 nitrogen and oxygen atoms in total. The monoisotopic (exact) mass is 407 g/mol. The molecule has 0 aromatic carbocycles. The van der Waals surface area contributed by atoms with Crippen molar-refractivity contribution in [1.29, 1.82) is 0 Å². The van der Waals surface area contributed by atoms with E-state index in [9.17, 15) is 0 Å². The normalized spacial score (nSPS) is 19.9. The van der Waals surface area contributed by atoms with Gasteiger partial charge < -0.3 is 10.1 Å². The molecule has 1 unspecified atom stereocenters. The summed E-state index contributed by atoms with van der Waals surface area (Å²) in [6.45, 7) is 10.3. The Kier molecular flexibility index (Phi) is 5.53. The molecule has 2 heterocycles. The summed E-state index contributed by atoms with van der Waals surface area (Å²) in [5.41, 5.74) is 1.10. The van der Waals surface area contributed by atoms with Gasteiger partial charge in [-0.2, -0.15) is 11.8 Å². The van der Waals surface area contributed by atoms with E-state index in [4.69, 9.17) is 14.7 Å². The predicted octanol–water partition coefficient (Wildman–Crippen LogP) is 3.62.